The number of hydrogen-bond acceptors (Lipinski definition) is 1. The summed E-state index contributed by atoms with van der Waals surface area (Å²) in [5.41, 5.74) is 2.77. The minimum Gasteiger partial charge on any atom is -0.313 e. The maximum Gasteiger partial charge on any atom is 0.0167 e. The van der Waals surface area contributed by atoms with Crippen LogP contribution in [0, 0.1) is 0 Å². The molecule has 0 radical (unpaired) electrons. The molecular weight excluding hydrogens is 182 g/mol. The van der Waals surface area contributed by atoms with Crippen LogP contribution in [0.5, 0.6) is 0 Å². The van der Waals surface area contributed by atoms with E-state index in [1.165, 1.54) is 17.6 Å². The summed E-state index contributed by atoms with van der Waals surface area (Å²) in [7, 11) is 0. The average molecular weight is 203 g/mol. The van der Waals surface area contributed by atoms with Crippen LogP contribution in [0.4, 0.5) is 0 Å². The molecule has 1 nitrogen and oxygen atoms in total. The molecule has 0 spiro atoms. The molecule has 0 aromatic heterocycles. The molecule has 0 saturated carbocycles. The van der Waals surface area contributed by atoms with E-state index in [-0.39, 0.29) is 0 Å². The first kappa shape index (κ1) is 12.0. The molecule has 1 rings (SSSR count). The summed E-state index contributed by atoms with van der Waals surface area (Å²) in [6.45, 7) is 6.52. The molecule has 0 unspecified atom stereocenters. The monoisotopic (exact) mass is 203 g/mol. The zero-order valence-electron chi connectivity index (χ0n) is 9.79. The van der Waals surface area contributed by atoms with Crippen molar-refractivity contribution in [3.05, 3.63) is 41.5 Å². The summed E-state index contributed by atoms with van der Waals surface area (Å²) >= 11 is 0. The molecule has 0 fully saturated rings. The molecule has 1 N–H and O–H groups in total. The summed E-state index contributed by atoms with van der Waals surface area (Å²) in [6.07, 6.45) is 4.59. The van der Waals surface area contributed by atoms with Crippen LogP contribution in [-0.4, -0.2) is 13.1 Å². The molecule has 0 aliphatic rings. The molecule has 1 aromatic rings. The van der Waals surface area contributed by atoms with Crippen LogP contribution in [-0.2, 0) is 0 Å². The number of benzene rings is 1. The van der Waals surface area contributed by atoms with Crippen molar-refractivity contribution in [2.45, 2.75) is 26.7 Å². The van der Waals surface area contributed by atoms with Crippen LogP contribution in [0.1, 0.15) is 32.3 Å². The summed E-state index contributed by atoms with van der Waals surface area (Å²) in [5.74, 6) is 0. The van der Waals surface area contributed by atoms with Gasteiger partial charge in [0.1, 0.15) is 0 Å². The largest absolute Gasteiger partial charge is 0.313 e. The Morgan fingerprint density at radius 2 is 1.93 bits per heavy atom. The highest BCUT2D eigenvalue weighted by molar-refractivity contribution is 5.52. The molecule has 0 aliphatic carbocycles. The van der Waals surface area contributed by atoms with Crippen molar-refractivity contribution in [2.75, 3.05) is 13.1 Å². The van der Waals surface area contributed by atoms with E-state index in [1.807, 2.05) is 0 Å². The first-order chi connectivity index (χ1) is 7.36. The van der Waals surface area contributed by atoms with Crippen molar-refractivity contribution in [3.63, 3.8) is 0 Å². The zero-order chi connectivity index (χ0) is 10.9. The van der Waals surface area contributed by atoms with Crippen LogP contribution >= 0.6 is 0 Å². The highest BCUT2D eigenvalue weighted by Gasteiger charge is 1.94. The maximum absolute atomic E-state index is 3.44. The lowest BCUT2D eigenvalue weighted by Gasteiger charge is -2.06. The van der Waals surface area contributed by atoms with Crippen molar-refractivity contribution in [2.24, 2.45) is 0 Å². The number of hydrogen-bond donors (Lipinski definition) is 1. The second-order valence-corrected chi connectivity index (χ2v) is 3.74. The fraction of sp³-hybridized carbons (Fsp3) is 0.429. The van der Waals surface area contributed by atoms with E-state index in [0.29, 0.717) is 0 Å². The fourth-order valence-electron chi connectivity index (χ4n) is 1.49. The Kier molecular flexibility index (Phi) is 5.79. The molecular formula is C14H21N. The highest BCUT2D eigenvalue weighted by atomic mass is 14.8. The summed E-state index contributed by atoms with van der Waals surface area (Å²) < 4.78 is 0. The van der Waals surface area contributed by atoms with Gasteiger partial charge >= 0.3 is 0 Å². The van der Waals surface area contributed by atoms with Gasteiger partial charge in [0.05, 0.1) is 0 Å². The first-order valence-electron chi connectivity index (χ1n) is 5.82. The van der Waals surface area contributed by atoms with E-state index in [1.54, 1.807) is 0 Å². The van der Waals surface area contributed by atoms with Gasteiger partial charge in [-0.1, -0.05) is 55.8 Å². The quantitative estimate of drug-likeness (QED) is 0.698. The second kappa shape index (κ2) is 7.24. The third-order valence-corrected chi connectivity index (χ3v) is 2.40. The van der Waals surface area contributed by atoms with Crippen LogP contribution in [0.25, 0.3) is 6.08 Å². The lowest BCUT2D eigenvalue weighted by atomic mass is 10.1. The molecule has 0 amide bonds. The van der Waals surface area contributed by atoms with Gasteiger partial charge in [0.15, 0.2) is 0 Å². The predicted molar refractivity (Wildman–Crippen MR) is 67.9 cm³/mol. The van der Waals surface area contributed by atoms with Crippen molar-refractivity contribution >= 4 is 6.08 Å². The third-order valence-electron chi connectivity index (χ3n) is 2.40. The van der Waals surface area contributed by atoms with Gasteiger partial charge in [0.2, 0.25) is 0 Å². The van der Waals surface area contributed by atoms with Crippen molar-refractivity contribution in [1.82, 2.24) is 5.32 Å². The van der Waals surface area contributed by atoms with Gasteiger partial charge in [0.25, 0.3) is 0 Å². The van der Waals surface area contributed by atoms with Gasteiger partial charge in [-0.15, -0.1) is 0 Å². The SMILES string of the molecule is CCCNCC(=Cc1ccccc1)CC. The van der Waals surface area contributed by atoms with Crippen molar-refractivity contribution < 1.29 is 0 Å². The molecule has 0 aliphatic heterocycles. The van der Waals surface area contributed by atoms with E-state index in [9.17, 15) is 0 Å². The van der Waals surface area contributed by atoms with Gasteiger partial charge < -0.3 is 5.32 Å². The molecule has 1 aromatic carbocycles. The fourth-order valence-corrected chi connectivity index (χ4v) is 1.49. The van der Waals surface area contributed by atoms with E-state index in [4.69, 9.17) is 0 Å². The molecule has 0 bridgehead atoms. The number of nitrogens with one attached hydrogen (secondary N) is 1. The summed E-state index contributed by atoms with van der Waals surface area (Å²) in [6, 6.07) is 10.5. The first-order valence-corrected chi connectivity index (χ1v) is 5.82. The van der Waals surface area contributed by atoms with E-state index < -0.39 is 0 Å². The van der Waals surface area contributed by atoms with Crippen LogP contribution < -0.4 is 5.32 Å². The second-order valence-electron chi connectivity index (χ2n) is 3.74. The van der Waals surface area contributed by atoms with Gasteiger partial charge in [-0.05, 0) is 24.9 Å². The third kappa shape index (κ3) is 4.80. The highest BCUT2D eigenvalue weighted by Crippen LogP contribution is 2.08. The minimum atomic E-state index is 1.01. The maximum atomic E-state index is 3.44. The smallest absolute Gasteiger partial charge is 0.0167 e. The zero-order valence-corrected chi connectivity index (χ0v) is 9.79. The molecule has 82 valence electrons. The minimum absolute atomic E-state index is 1.01. The van der Waals surface area contributed by atoms with Crippen molar-refractivity contribution in [1.29, 1.82) is 0 Å². The van der Waals surface area contributed by atoms with Gasteiger partial charge in [0, 0.05) is 6.54 Å². The standard InChI is InChI=1S/C14H21N/c1-3-10-15-12-13(4-2)11-14-8-6-5-7-9-14/h5-9,11,15H,3-4,10,12H2,1-2H3. The van der Waals surface area contributed by atoms with Crippen LogP contribution in [0.3, 0.4) is 0 Å². The normalized spacial score (nSPS) is 11.7. The van der Waals surface area contributed by atoms with E-state index >= 15 is 0 Å². The van der Waals surface area contributed by atoms with Crippen molar-refractivity contribution in [3.8, 4) is 0 Å². The van der Waals surface area contributed by atoms with Crippen LogP contribution in [0.2, 0.25) is 0 Å². The Labute approximate surface area is 93.2 Å². The lowest BCUT2D eigenvalue weighted by molar-refractivity contribution is 0.706. The van der Waals surface area contributed by atoms with Crippen LogP contribution in [0.15, 0.2) is 35.9 Å². The molecule has 15 heavy (non-hydrogen) atoms. The Morgan fingerprint density at radius 1 is 1.20 bits per heavy atom. The molecule has 1 heteroatoms. The van der Waals surface area contributed by atoms with E-state index in [2.05, 4.69) is 55.6 Å². The Hall–Kier alpha value is -1.08. The van der Waals surface area contributed by atoms with Gasteiger partial charge in [-0.3, -0.25) is 0 Å². The van der Waals surface area contributed by atoms with Gasteiger partial charge in [-0.25, -0.2) is 0 Å². The topological polar surface area (TPSA) is 12.0 Å². The van der Waals surface area contributed by atoms with Gasteiger partial charge in [-0.2, -0.15) is 0 Å². The molecule has 0 atom stereocenters. The Balaban J connectivity index is 2.54. The number of rotatable bonds is 6. The van der Waals surface area contributed by atoms with E-state index in [0.717, 1.165) is 19.5 Å². The Morgan fingerprint density at radius 3 is 2.53 bits per heavy atom. The predicted octanol–water partition coefficient (Wildman–Crippen LogP) is 3.48. The average Bonchev–Trinajstić information content (AvgIpc) is 2.29. The Bertz CT molecular complexity index is 287. The lowest BCUT2D eigenvalue weighted by Crippen LogP contribution is -2.17. The molecule has 0 heterocycles. The summed E-state index contributed by atoms with van der Waals surface area (Å²) in [5, 5.41) is 3.44. The summed E-state index contributed by atoms with van der Waals surface area (Å²) in [4.78, 5) is 0. The molecule has 0 saturated heterocycles.